The van der Waals surface area contributed by atoms with Gasteiger partial charge in [0.25, 0.3) is 0 Å². The van der Waals surface area contributed by atoms with Crippen LogP contribution in [0, 0.1) is 11.8 Å². The number of hydrogen-bond donors (Lipinski definition) is 2. The van der Waals surface area contributed by atoms with Gasteiger partial charge in [0.15, 0.2) is 0 Å². The molecule has 4 nitrogen and oxygen atoms in total. The van der Waals surface area contributed by atoms with Gasteiger partial charge in [-0.3, -0.25) is 0 Å². The number of nitrogens with one attached hydrogen (secondary N) is 1. The van der Waals surface area contributed by atoms with Crippen molar-refractivity contribution in [2.24, 2.45) is 5.73 Å². The molecule has 1 amide bonds. The maximum absolute atomic E-state index is 11.8. The molecule has 3 N–H and O–H groups in total. The first-order chi connectivity index (χ1) is 8.92. The molecule has 0 spiro atoms. The van der Waals surface area contributed by atoms with Crippen molar-refractivity contribution in [2.75, 3.05) is 6.54 Å². The van der Waals surface area contributed by atoms with Gasteiger partial charge in [0.05, 0.1) is 6.54 Å². The van der Waals surface area contributed by atoms with Crippen molar-refractivity contribution in [1.82, 2.24) is 5.32 Å². The Kier molecular flexibility index (Phi) is 5.40. The molecule has 0 aromatic heterocycles. The third kappa shape index (κ3) is 5.94. The highest BCUT2D eigenvalue weighted by atomic mass is 16.6. The zero-order valence-corrected chi connectivity index (χ0v) is 11.6. The Morgan fingerprint density at radius 1 is 1.37 bits per heavy atom. The smallest absolute Gasteiger partial charge is 0.408 e. The van der Waals surface area contributed by atoms with Crippen LogP contribution in [-0.4, -0.2) is 18.2 Å². The third-order valence-corrected chi connectivity index (χ3v) is 2.14. The number of rotatable bonds is 2. The summed E-state index contributed by atoms with van der Waals surface area (Å²) in [6, 6.07) is 9.07. The van der Waals surface area contributed by atoms with Crippen molar-refractivity contribution < 1.29 is 9.53 Å². The first kappa shape index (κ1) is 15.1. The molecule has 0 aliphatic carbocycles. The van der Waals surface area contributed by atoms with Crippen LogP contribution in [0.15, 0.2) is 30.3 Å². The van der Waals surface area contributed by atoms with Gasteiger partial charge in [-0.1, -0.05) is 42.2 Å². The minimum Gasteiger partial charge on any atom is -0.444 e. The molecule has 4 heteroatoms. The van der Waals surface area contributed by atoms with Gasteiger partial charge in [-0.25, -0.2) is 4.79 Å². The fourth-order valence-corrected chi connectivity index (χ4v) is 1.43. The van der Waals surface area contributed by atoms with Crippen molar-refractivity contribution in [3.8, 4) is 11.8 Å². The van der Waals surface area contributed by atoms with E-state index in [0.717, 1.165) is 5.56 Å². The molecule has 0 saturated heterocycles. The number of ether oxygens (including phenoxy) is 1. The van der Waals surface area contributed by atoms with Crippen LogP contribution in [0.3, 0.4) is 0 Å². The number of carbonyl (C=O) groups excluding carboxylic acids is 1. The number of hydrogen-bond acceptors (Lipinski definition) is 3. The number of benzene rings is 1. The summed E-state index contributed by atoms with van der Waals surface area (Å²) < 4.78 is 5.22. The lowest BCUT2D eigenvalue weighted by atomic mass is 10.1. The topological polar surface area (TPSA) is 64.3 Å². The van der Waals surface area contributed by atoms with Gasteiger partial charge < -0.3 is 15.8 Å². The fourth-order valence-electron chi connectivity index (χ4n) is 1.43. The van der Waals surface area contributed by atoms with E-state index in [1.165, 1.54) is 0 Å². The maximum Gasteiger partial charge on any atom is 0.408 e. The Hall–Kier alpha value is -1.99. The predicted octanol–water partition coefficient (Wildman–Crippen LogP) is 2.21. The monoisotopic (exact) mass is 260 g/mol. The van der Waals surface area contributed by atoms with Crippen LogP contribution < -0.4 is 11.1 Å². The van der Waals surface area contributed by atoms with E-state index in [4.69, 9.17) is 10.5 Å². The summed E-state index contributed by atoms with van der Waals surface area (Å²) in [5.74, 6) is 5.69. The van der Waals surface area contributed by atoms with Crippen LogP contribution in [0.2, 0.25) is 0 Å². The standard InChI is InChI=1S/C15H20N2O2/c1-15(2,3)19-14(18)17-13(10-7-11-16)12-8-5-4-6-9-12/h4-6,8-9,13H,11,16H2,1-3H3,(H,17,18). The molecule has 0 radical (unpaired) electrons. The van der Waals surface area contributed by atoms with Gasteiger partial charge >= 0.3 is 6.09 Å². The minimum atomic E-state index is -0.535. The molecule has 0 saturated carbocycles. The zero-order valence-electron chi connectivity index (χ0n) is 11.6. The molecule has 102 valence electrons. The SMILES string of the molecule is CC(C)(C)OC(=O)NC(C#CCN)c1ccccc1. The van der Waals surface area contributed by atoms with Crippen molar-refractivity contribution in [2.45, 2.75) is 32.4 Å². The average Bonchev–Trinajstić information content (AvgIpc) is 2.33. The van der Waals surface area contributed by atoms with E-state index in [2.05, 4.69) is 17.2 Å². The fraction of sp³-hybridized carbons (Fsp3) is 0.400. The van der Waals surface area contributed by atoms with Gasteiger partial charge in [-0.15, -0.1) is 0 Å². The predicted molar refractivity (Wildman–Crippen MR) is 75.4 cm³/mol. The van der Waals surface area contributed by atoms with E-state index in [-0.39, 0.29) is 6.54 Å². The summed E-state index contributed by atoms with van der Waals surface area (Å²) in [4.78, 5) is 11.8. The normalized spacial score (nSPS) is 12.0. The molecular formula is C15H20N2O2. The molecular weight excluding hydrogens is 240 g/mol. The molecule has 1 atom stereocenters. The highest BCUT2D eigenvalue weighted by molar-refractivity contribution is 5.69. The summed E-state index contributed by atoms with van der Waals surface area (Å²) in [6.45, 7) is 5.69. The van der Waals surface area contributed by atoms with Gasteiger partial charge in [0, 0.05) is 0 Å². The summed E-state index contributed by atoms with van der Waals surface area (Å²) in [7, 11) is 0. The number of amides is 1. The van der Waals surface area contributed by atoms with Crippen molar-refractivity contribution in [1.29, 1.82) is 0 Å². The quantitative estimate of drug-likeness (QED) is 0.801. The number of carbonyl (C=O) groups is 1. The lowest BCUT2D eigenvalue weighted by Gasteiger charge is -2.21. The van der Waals surface area contributed by atoms with Gasteiger partial charge in [0.2, 0.25) is 0 Å². The molecule has 0 aliphatic heterocycles. The van der Waals surface area contributed by atoms with Crippen molar-refractivity contribution in [3.63, 3.8) is 0 Å². The van der Waals surface area contributed by atoms with Crippen LogP contribution >= 0.6 is 0 Å². The van der Waals surface area contributed by atoms with E-state index < -0.39 is 17.7 Å². The molecule has 1 rings (SSSR count). The van der Waals surface area contributed by atoms with Crippen LogP contribution in [-0.2, 0) is 4.74 Å². The average molecular weight is 260 g/mol. The summed E-state index contributed by atoms with van der Waals surface area (Å²) >= 11 is 0. The van der Waals surface area contributed by atoms with Gasteiger partial charge in [-0.2, -0.15) is 0 Å². The van der Waals surface area contributed by atoms with Crippen molar-refractivity contribution >= 4 is 6.09 Å². The van der Waals surface area contributed by atoms with Crippen LogP contribution in [0.25, 0.3) is 0 Å². The van der Waals surface area contributed by atoms with Crippen LogP contribution in [0.4, 0.5) is 4.79 Å². The highest BCUT2D eigenvalue weighted by Gasteiger charge is 2.19. The molecule has 0 fully saturated rings. The first-order valence-corrected chi connectivity index (χ1v) is 6.15. The Morgan fingerprint density at radius 2 is 2.00 bits per heavy atom. The van der Waals surface area contributed by atoms with E-state index in [1.807, 2.05) is 51.1 Å². The lowest BCUT2D eigenvalue weighted by Crippen LogP contribution is -2.34. The number of nitrogens with two attached hydrogens (primary N) is 1. The van der Waals surface area contributed by atoms with E-state index in [0.29, 0.717) is 0 Å². The Labute approximate surface area is 114 Å². The minimum absolute atomic E-state index is 0.249. The van der Waals surface area contributed by atoms with Gasteiger partial charge in [-0.05, 0) is 26.3 Å². The molecule has 1 aromatic rings. The molecule has 0 aliphatic rings. The second-order valence-corrected chi connectivity index (χ2v) is 5.02. The molecule has 19 heavy (non-hydrogen) atoms. The Morgan fingerprint density at radius 3 is 2.53 bits per heavy atom. The third-order valence-electron chi connectivity index (χ3n) is 2.14. The van der Waals surface area contributed by atoms with E-state index in [9.17, 15) is 4.79 Å². The maximum atomic E-state index is 11.8. The highest BCUT2D eigenvalue weighted by Crippen LogP contribution is 2.13. The lowest BCUT2D eigenvalue weighted by molar-refractivity contribution is 0.0516. The summed E-state index contributed by atoms with van der Waals surface area (Å²) in [6.07, 6.45) is -0.493. The molecule has 1 unspecified atom stereocenters. The Balaban J connectivity index is 2.79. The Bertz CT molecular complexity index is 466. The second-order valence-electron chi connectivity index (χ2n) is 5.02. The van der Waals surface area contributed by atoms with Crippen LogP contribution in [0.1, 0.15) is 32.4 Å². The van der Waals surface area contributed by atoms with Crippen LogP contribution in [0.5, 0.6) is 0 Å². The summed E-state index contributed by atoms with van der Waals surface area (Å²) in [5, 5.41) is 2.73. The largest absolute Gasteiger partial charge is 0.444 e. The van der Waals surface area contributed by atoms with E-state index in [1.54, 1.807) is 0 Å². The van der Waals surface area contributed by atoms with E-state index >= 15 is 0 Å². The van der Waals surface area contributed by atoms with Crippen molar-refractivity contribution in [3.05, 3.63) is 35.9 Å². The second kappa shape index (κ2) is 6.81. The zero-order chi connectivity index (χ0) is 14.3. The summed E-state index contributed by atoms with van der Waals surface area (Å²) in [5.41, 5.74) is 5.73. The molecule has 1 aromatic carbocycles. The molecule has 0 bridgehead atoms. The van der Waals surface area contributed by atoms with Gasteiger partial charge in [0.1, 0.15) is 11.6 Å². The number of alkyl carbamates (subject to hydrolysis) is 1. The first-order valence-electron chi connectivity index (χ1n) is 6.15. The molecule has 0 heterocycles.